The summed E-state index contributed by atoms with van der Waals surface area (Å²) in [4.78, 5) is 0. The Labute approximate surface area is 220 Å². The van der Waals surface area contributed by atoms with Gasteiger partial charge in [-0.1, -0.05) is 42.8 Å². The quantitative estimate of drug-likeness (QED) is 0.308. The minimum atomic E-state index is -5.77. The third kappa shape index (κ3) is 7.30. The van der Waals surface area contributed by atoms with Crippen molar-refractivity contribution in [3.63, 3.8) is 0 Å². The van der Waals surface area contributed by atoms with Gasteiger partial charge in [-0.25, -0.2) is 0 Å². The average Bonchev–Trinajstić information content (AvgIpc) is 2.83. The van der Waals surface area contributed by atoms with E-state index in [0.717, 1.165) is 17.7 Å². The van der Waals surface area contributed by atoms with E-state index >= 15 is 0 Å². The lowest BCUT2D eigenvalue weighted by molar-refractivity contribution is -0.289. The number of ether oxygens (including phenoxy) is 1. The lowest BCUT2D eigenvalue weighted by atomic mass is 9.75. The molecule has 0 bridgehead atoms. The number of β-amino-alcohol motifs (C(OH)–C–C–N with tert-alkyl or cyclic N) is 1. The van der Waals surface area contributed by atoms with E-state index in [-0.39, 0.29) is 12.8 Å². The predicted octanol–water partition coefficient (Wildman–Crippen LogP) is 7.37. The molecule has 1 fully saturated rings. The number of halogens is 9. The Morgan fingerprint density at radius 1 is 1.05 bits per heavy atom. The van der Waals surface area contributed by atoms with Crippen molar-refractivity contribution in [2.24, 2.45) is 0 Å². The summed E-state index contributed by atoms with van der Waals surface area (Å²) in [5, 5.41) is 12.9. The molecule has 1 aliphatic rings. The highest BCUT2D eigenvalue weighted by Crippen LogP contribution is 2.44. The molecular weight excluding hydrogens is 546 g/mol. The van der Waals surface area contributed by atoms with Gasteiger partial charge in [0.05, 0.1) is 0 Å². The first-order valence-corrected chi connectivity index (χ1v) is 12.4. The molecule has 0 spiro atoms. The number of nitrogens with one attached hydrogen (secondary N) is 1. The molecule has 38 heavy (non-hydrogen) atoms. The Balaban J connectivity index is 1.84. The van der Waals surface area contributed by atoms with Crippen LogP contribution in [0.3, 0.4) is 0 Å². The van der Waals surface area contributed by atoms with Gasteiger partial charge < -0.3 is 15.2 Å². The smallest absolute Gasteiger partial charge is 0.458 e. The van der Waals surface area contributed by atoms with Gasteiger partial charge in [-0.3, -0.25) is 0 Å². The fourth-order valence-electron chi connectivity index (χ4n) is 4.70. The van der Waals surface area contributed by atoms with Crippen molar-refractivity contribution in [2.45, 2.75) is 81.5 Å². The van der Waals surface area contributed by atoms with E-state index in [4.69, 9.17) is 16.3 Å². The second kappa shape index (κ2) is 11.6. The average molecular weight is 574 g/mol. The first-order chi connectivity index (χ1) is 17.6. The van der Waals surface area contributed by atoms with Gasteiger partial charge in [0, 0.05) is 29.1 Å². The van der Waals surface area contributed by atoms with Gasteiger partial charge >= 0.3 is 18.3 Å². The summed E-state index contributed by atoms with van der Waals surface area (Å²) in [5.41, 5.74) is -1.07. The van der Waals surface area contributed by atoms with E-state index < -0.39 is 48.1 Å². The maximum absolute atomic E-state index is 13.7. The van der Waals surface area contributed by atoms with Crippen LogP contribution in [-0.2, 0) is 18.8 Å². The van der Waals surface area contributed by atoms with Gasteiger partial charge in [-0.2, -0.15) is 35.1 Å². The molecule has 0 heterocycles. The lowest BCUT2D eigenvalue weighted by Gasteiger charge is -2.42. The monoisotopic (exact) mass is 573 g/mol. The largest absolute Gasteiger partial charge is 0.490 e. The molecular formula is C26H28ClF8NO2. The van der Waals surface area contributed by atoms with Gasteiger partial charge in [0.1, 0.15) is 11.9 Å². The zero-order valence-corrected chi connectivity index (χ0v) is 21.2. The number of hydrogen-bond donors (Lipinski definition) is 2. The number of aliphatic hydroxyl groups is 1. The van der Waals surface area contributed by atoms with Crippen LogP contribution in [0.1, 0.15) is 49.3 Å². The Morgan fingerprint density at radius 2 is 1.71 bits per heavy atom. The Morgan fingerprint density at radius 3 is 2.29 bits per heavy atom. The molecule has 1 saturated carbocycles. The summed E-state index contributed by atoms with van der Waals surface area (Å²) in [6.07, 6.45) is -11.3. The summed E-state index contributed by atoms with van der Waals surface area (Å²) in [7, 11) is 0. The van der Waals surface area contributed by atoms with E-state index in [1.54, 1.807) is 18.2 Å². The minimum absolute atomic E-state index is 0.0239. The van der Waals surface area contributed by atoms with Crippen LogP contribution in [0.5, 0.6) is 5.75 Å². The van der Waals surface area contributed by atoms with Crippen molar-refractivity contribution in [3.8, 4) is 5.75 Å². The molecule has 2 aromatic carbocycles. The van der Waals surface area contributed by atoms with Crippen molar-refractivity contribution < 1.29 is 45.0 Å². The van der Waals surface area contributed by atoms with Gasteiger partial charge in [-0.15, -0.1) is 0 Å². The lowest BCUT2D eigenvalue weighted by Crippen LogP contribution is -2.55. The Hall–Kier alpha value is -2.11. The van der Waals surface area contributed by atoms with E-state index in [1.807, 2.05) is 6.92 Å². The third-order valence-electron chi connectivity index (χ3n) is 6.76. The summed E-state index contributed by atoms with van der Waals surface area (Å²) < 4.78 is 111. The van der Waals surface area contributed by atoms with Gasteiger partial charge in [0.25, 0.3) is 0 Å². The van der Waals surface area contributed by atoms with Crippen molar-refractivity contribution in [1.82, 2.24) is 5.32 Å². The van der Waals surface area contributed by atoms with Gasteiger partial charge in [0.15, 0.2) is 6.10 Å². The highest BCUT2D eigenvalue weighted by atomic mass is 35.5. The maximum atomic E-state index is 13.7. The molecule has 0 amide bonds. The van der Waals surface area contributed by atoms with Crippen LogP contribution in [0.4, 0.5) is 35.1 Å². The maximum Gasteiger partial charge on any atom is 0.458 e. The molecule has 3 atom stereocenters. The Bertz CT molecular complexity index is 1070. The number of aryl methyl sites for hydroxylation is 1. The fourth-order valence-corrected chi connectivity index (χ4v) is 4.95. The van der Waals surface area contributed by atoms with E-state index in [1.165, 1.54) is 0 Å². The molecule has 0 radical (unpaired) electrons. The van der Waals surface area contributed by atoms with Gasteiger partial charge in [0.2, 0.25) is 0 Å². The number of hydrogen-bond acceptors (Lipinski definition) is 3. The number of aliphatic hydroxyl groups excluding tert-OH is 1. The van der Waals surface area contributed by atoms with Crippen LogP contribution in [0, 0.1) is 0 Å². The van der Waals surface area contributed by atoms with E-state index in [0.29, 0.717) is 54.2 Å². The zero-order valence-electron chi connectivity index (χ0n) is 20.4. The number of benzene rings is 2. The second-order valence-corrected chi connectivity index (χ2v) is 10.0. The highest BCUT2D eigenvalue weighted by Gasteiger charge is 2.58. The van der Waals surface area contributed by atoms with Crippen LogP contribution >= 0.6 is 11.6 Å². The Kier molecular flexibility index (Phi) is 9.25. The summed E-state index contributed by atoms with van der Waals surface area (Å²) in [6.45, 7) is 1.10. The number of rotatable bonds is 9. The fraction of sp³-hybridized carbons (Fsp3) is 0.538. The standard InChI is InChI=1S/C26H28ClF8NO2/c1-2-17-12-19(9-10-21(17)27)38-20-4-3-11-23(14-20,36-15-22(37)25(30,31)32)13-16-5-7-18(8-6-16)24(28,29)26(33,34)35/h5-10,12,20,22,36-37H,2-4,11,13-15H2,1H3. The highest BCUT2D eigenvalue weighted by molar-refractivity contribution is 6.31. The predicted molar refractivity (Wildman–Crippen MR) is 127 cm³/mol. The molecule has 3 unspecified atom stereocenters. The van der Waals surface area contributed by atoms with Crippen molar-refractivity contribution >= 4 is 11.6 Å². The van der Waals surface area contributed by atoms with Crippen molar-refractivity contribution in [2.75, 3.05) is 6.54 Å². The molecule has 0 aromatic heterocycles. The topological polar surface area (TPSA) is 41.5 Å². The molecule has 3 nitrogen and oxygen atoms in total. The van der Waals surface area contributed by atoms with Crippen molar-refractivity contribution in [1.29, 1.82) is 0 Å². The van der Waals surface area contributed by atoms with E-state index in [9.17, 15) is 40.2 Å². The summed E-state index contributed by atoms with van der Waals surface area (Å²) in [6, 6.07) is 8.68. The molecule has 0 aliphatic heterocycles. The molecule has 3 rings (SSSR count). The van der Waals surface area contributed by atoms with Crippen LogP contribution in [0.2, 0.25) is 5.02 Å². The molecule has 2 N–H and O–H groups in total. The first kappa shape index (κ1) is 30.4. The van der Waals surface area contributed by atoms with Crippen LogP contribution in [-0.4, -0.2) is 41.8 Å². The second-order valence-electron chi connectivity index (χ2n) is 9.61. The minimum Gasteiger partial charge on any atom is -0.490 e. The van der Waals surface area contributed by atoms with Crippen molar-refractivity contribution in [3.05, 3.63) is 64.2 Å². The molecule has 0 saturated heterocycles. The molecule has 1 aliphatic carbocycles. The zero-order chi connectivity index (χ0) is 28.4. The summed E-state index contributed by atoms with van der Waals surface area (Å²) >= 11 is 6.16. The van der Waals surface area contributed by atoms with E-state index in [2.05, 4.69) is 5.32 Å². The SMILES string of the molecule is CCc1cc(OC2CCCC(Cc3ccc(C(F)(F)C(F)(F)F)cc3)(NCC(O)C(F)(F)F)C2)ccc1Cl. The number of alkyl halides is 8. The van der Waals surface area contributed by atoms with Gasteiger partial charge in [-0.05, 0) is 61.4 Å². The van der Waals surface area contributed by atoms with Crippen LogP contribution in [0.15, 0.2) is 42.5 Å². The van der Waals surface area contributed by atoms with Crippen LogP contribution in [0.25, 0.3) is 0 Å². The molecule has 12 heteroatoms. The first-order valence-electron chi connectivity index (χ1n) is 12.1. The summed E-state index contributed by atoms with van der Waals surface area (Å²) in [5.74, 6) is -4.51. The third-order valence-corrected chi connectivity index (χ3v) is 7.13. The molecule has 2 aromatic rings. The van der Waals surface area contributed by atoms with Crippen LogP contribution < -0.4 is 10.1 Å². The molecule has 212 valence electrons. The normalized spacial score (nSPS) is 21.8.